The van der Waals surface area contributed by atoms with Crippen molar-refractivity contribution < 1.29 is 4.79 Å². The van der Waals surface area contributed by atoms with Crippen molar-refractivity contribution in [3.63, 3.8) is 0 Å². The van der Waals surface area contributed by atoms with E-state index in [1.165, 1.54) is 17.3 Å². The Morgan fingerprint density at radius 3 is 2.88 bits per heavy atom. The minimum Gasteiger partial charge on any atom is -0.371 e. The summed E-state index contributed by atoms with van der Waals surface area (Å²) in [5.41, 5.74) is 3.99. The number of anilines is 2. The average molecular weight is 333 g/mol. The number of carbonyl (C=O) groups excluding carboxylic acids is 1. The summed E-state index contributed by atoms with van der Waals surface area (Å²) in [4.78, 5) is 29.7. The first-order valence-corrected chi connectivity index (χ1v) is 8.47. The second kappa shape index (κ2) is 6.09. The molecule has 1 aromatic heterocycles. The van der Waals surface area contributed by atoms with Crippen molar-refractivity contribution in [2.75, 3.05) is 23.3 Å². The Kier molecular flexibility index (Phi) is 3.76. The monoisotopic (exact) mass is 333 g/mol. The number of benzene rings is 2. The number of carbonyl (C=O) groups is 1. The molecule has 1 aliphatic rings. The Bertz CT molecular complexity index is 1020. The highest BCUT2D eigenvalue weighted by molar-refractivity contribution is 6.12. The molecule has 1 amide bonds. The lowest BCUT2D eigenvalue weighted by Crippen LogP contribution is -2.20. The van der Waals surface area contributed by atoms with Gasteiger partial charge in [-0.25, -0.2) is 0 Å². The number of fused-ring (bicyclic) bond motifs is 2. The van der Waals surface area contributed by atoms with Gasteiger partial charge in [-0.2, -0.15) is 0 Å². The van der Waals surface area contributed by atoms with Crippen molar-refractivity contribution in [1.29, 1.82) is 0 Å². The molecule has 25 heavy (non-hydrogen) atoms. The van der Waals surface area contributed by atoms with Crippen molar-refractivity contribution >= 4 is 28.2 Å². The van der Waals surface area contributed by atoms with Crippen LogP contribution < -0.4 is 15.8 Å². The number of nitrogens with zero attached hydrogens (tertiary/aromatic N) is 1. The van der Waals surface area contributed by atoms with Gasteiger partial charge in [0.1, 0.15) is 0 Å². The number of likely N-dealkylation sites (N-methyl/N-ethyl adjacent to an activating group) is 1. The summed E-state index contributed by atoms with van der Waals surface area (Å²) in [5.74, 6) is -0.275. The highest BCUT2D eigenvalue weighted by Crippen LogP contribution is 2.30. The van der Waals surface area contributed by atoms with Crippen LogP contribution >= 0.6 is 0 Å². The Morgan fingerprint density at radius 1 is 1.20 bits per heavy atom. The van der Waals surface area contributed by atoms with Crippen molar-refractivity contribution in [1.82, 2.24) is 4.98 Å². The fourth-order valence-electron chi connectivity index (χ4n) is 3.44. The van der Waals surface area contributed by atoms with Crippen molar-refractivity contribution in [3.05, 3.63) is 70.0 Å². The molecule has 126 valence electrons. The number of pyridine rings is 1. The quantitative estimate of drug-likeness (QED) is 0.774. The molecule has 2 aromatic carbocycles. The lowest BCUT2D eigenvalue weighted by molar-refractivity contribution is 0.102. The predicted molar refractivity (Wildman–Crippen MR) is 101 cm³/mol. The van der Waals surface area contributed by atoms with Gasteiger partial charge in [-0.05, 0) is 37.1 Å². The van der Waals surface area contributed by atoms with Crippen LogP contribution in [0.1, 0.15) is 22.8 Å². The van der Waals surface area contributed by atoms with Gasteiger partial charge in [-0.1, -0.05) is 24.3 Å². The number of hydrogen-bond donors (Lipinski definition) is 2. The summed E-state index contributed by atoms with van der Waals surface area (Å²) in [6.45, 7) is 4.09. The van der Waals surface area contributed by atoms with Crippen LogP contribution in [-0.2, 0) is 6.42 Å². The molecule has 5 nitrogen and oxygen atoms in total. The van der Waals surface area contributed by atoms with Gasteiger partial charge >= 0.3 is 0 Å². The number of hydrogen-bond acceptors (Lipinski definition) is 3. The SMILES string of the molecule is CCN1CCc2ccc(NC(=O)c3cc(=O)[nH]c4ccccc34)cc21. The molecule has 0 radical (unpaired) electrons. The molecular formula is C20H19N3O2. The molecule has 3 aromatic rings. The molecule has 5 heteroatoms. The van der Waals surface area contributed by atoms with Crippen LogP contribution in [-0.4, -0.2) is 24.0 Å². The summed E-state index contributed by atoms with van der Waals surface area (Å²) in [6, 6.07) is 14.7. The molecule has 0 saturated carbocycles. The zero-order valence-corrected chi connectivity index (χ0v) is 14.0. The summed E-state index contributed by atoms with van der Waals surface area (Å²) in [7, 11) is 0. The van der Waals surface area contributed by atoms with Crippen molar-refractivity contribution in [2.24, 2.45) is 0 Å². The lowest BCUT2D eigenvalue weighted by Gasteiger charge is -2.17. The average Bonchev–Trinajstić information content (AvgIpc) is 3.03. The van der Waals surface area contributed by atoms with Gasteiger partial charge in [0.25, 0.3) is 5.91 Å². The summed E-state index contributed by atoms with van der Waals surface area (Å²) < 4.78 is 0. The third-order valence-corrected chi connectivity index (χ3v) is 4.71. The summed E-state index contributed by atoms with van der Waals surface area (Å²) >= 11 is 0. The second-order valence-corrected chi connectivity index (χ2v) is 6.22. The van der Waals surface area contributed by atoms with Crippen LogP contribution in [0, 0.1) is 0 Å². The highest BCUT2D eigenvalue weighted by atomic mass is 16.2. The summed E-state index contributed by atoms with van der Waals surface area (Å²) in [6.07, 6.45) is 1.04. The smallest absolute Gasteiger partial charge is 0.256 e. The van der Waals surface area contributed by atoms with E-state index in [1.54, 1.807) is 6.07 Å². The molecule has 0 bridgehead atoms. The first-order chi connectivity index (χ1) is 12.2. The number of aromatic amines is 1. The van der Waals surface area contributed by atoms with Crippen LogP contribution in [0.5, 0.6) is 0 Å². The molecule has 0 saturated heterocycles. The van der Waals surface area contributed by atoms with Crippen molar-refractivity contribution in [2.45, 2.75) is 13.3 Å². The highest BCUT2D eigenvalue weighted by Gasteiger charge is 2.19. The maximum Gasteiger partial charge on any atom is 0.256 e. The van der Waals surface area contributed by atoms with Crippen LogP contribution in [0.4, 0.5) is 11.4 Å². The fourth-order valence-corrected chi connectivity index (χ4v) is 3.44. The van der Waals surface area contributed by atoms with Gasteiger partial charge in [0.2, 0.25) is 5.56 Å². The number of nitrogens with one attached hydrogen (secondary N) is 2. The van der Waals surface area contributed by atoms with Crippen LogP contribution in [0.3, 0.4) is 0 Å². The van der Waals surface area contributed by atoms with Gasteiger partial charge in [0.05, 0.1) is 5.56 Å². The number of aromatic nitrogens is 1. The molecule has 1 aliphatic heterocycles. The molecule has 0 aliphatic carbocycles. The Hall–Kier alpha value is -3.08. The third-order valence-electron chi connectivity index (χ3n) is 4.71. The minimum absolute atomic E-state index is 0.275. The lowest BCUT2D eigenvalue weighted by atomic mass is 10.1. The predicted octanol–water partition coefficient (Wildman–Crippen LogP) is 3.16. The first kappa shape index (κ1) is 15.4. The van der Waals surface area contributed by atoms with E-state index >= 15 is 0 Å². The normalized spacial score (nSPS) is 13.1. The Labute approximate surface area is 145 Å². The van der Waals surface area contributed by atoms with Gasteiger partial charge in [-0.3, -0.25) is 9.59 Å². The first-order valence-electron chi connectivity index (χ1n) is 8.47. The van der Waals surface area contributed by atoms with E-state index in [-0.39, 0.29) is 11.5 Å². The van der Waals surface area contributed by atoms with E-state index in [2.05, 4.69) is 28.2 Å². The number of amides is 1. The van der Waals surface area contributed by atoms with Gasteiger partial charge in [0, 0.05) is 41.4 Å². The van der Waals surface area contributed by atoms with E-state index in [0.29, 0.717) is 11.1 Å². The van der Waals surface area contributed by atoms with Gasteiger partial charge in [-0.15, -0.1) is 0 Å². The zero-order chi connectivity index (χ0) is 17.4. The van der Waals surface area contributed by atoms with Crippen LogP contribution in [0.2, 0.25) is 0 Å². The van der Waals surface area contributed by atoms with E-state index in [1.807, 2.05) is 30.3 Å². The van der Waals surface area contributed by atoms with E-state index in [9.17, 15) is 9.59 Å². The Morgan fingerprint density at radius 2 is 2.04 bits per heavy atom. The molecule has 2 heterocycles. The zero-order valence-electron chi connectivity index (χ0n) is 14.0. The van der Waals surface area contributed by atoms with Crippen LogP contribution in [0.25, 0.3) is 10.9 Å². The third kappa shape index (κ3) is 2.78. The number of rotatable bonds is 3. The maximum absolute atomic E-state index is 12.8. The van der Waals surface area contributed by atoms with E-state index in [4.69, 9.17) is 0 Å². The van der Waals surface area contributed by atoms with E-state index < -0.39 is 0 Å². The largest absolute Gasteiger partial charge is 0.371 e. The fraction of sp³-hybridized carbons (Fsp3) is 0.200. The van der Waals surface area contributed by atoms with Crippen LogP contribution in [0.15, 0.2) is 53.3 Å². The molecule has 4 rings (SSSR count). The standard InChI is InChI=1S/C20H19N3O2/c1-2-23-10-9-13-7-8-14(11-18(13)23)21-20(25)16-12-19(24)22-17-6-4-3-5-15(16)17/h3-8,11-12H,2,9-10H2,1H3,(H,21,25)(H,22,24). The molecule has 0 spiro atoms. The maximum atomic E-state index is 12.8. The summed E-state index contributed by atoms with van der Waals surface area (Å²) in [5, 5.41) is 3.67. The molecule has 0 fully saturated rings. The van der Waals surface area contributed by atoms with Gasteiger partial charge < -0.3 is 15.2 Å². The number of H-pyrrole nitrogens is 1. The molecular weight excluding hydrogens is 314 g/mol. The van der Waals surface area contributed by atoms with E-state index in [0.717, 1.165) is 30.6 Å². The minimum atomic E-state index is -0.282. The Balaban J connectivity index is 1.69. The molecule has 0 unspecified atom stereocenters. The van der Waals surface area contributed by atoms with Gasteiger partial charge in [0.15, 0.2) is 0 Å². The number of para-hydroxylation sites is 1. The molecule has 0 atom stereocenters. The second-order valence-electron chi connectivity index (χ2n) is 6.22. The molecule has 2 N–H and O–H groups in total. The van der Waals surface area contributed by atoms with Crippen molar-refractivity contribution in [3.8, 4) is 0 Å². The topological polar surface area (TPSA) is 65.2 Å².